The number of halogens is 1. The average molecular weight is 406 g/mol. The fourth-order valence-electron chi connectivity index (χ4n) is 2.60. The van der Waals surface area contributed by atoms with Crippen molar-refractivity contribution in [1.29, 1.82) is 0 Å². The summed E-state index contributed by atoms with van der Waals surface area (Å²) in [6, 6.07) is 3.54. The number of nitrogens with zero attached hydrogens (tertiary/aromatic N) is 5. The minimum absolute atomic E-state index is 0.240. The van der Waals surface area contributed by atoms with Gasteiger partial charge in [-0.05, 0) is 39.2 Å². The molecular formula is C18H20ClN5O2S. The number of fused-ring (bicyclic) bond motifs is 1. The predicted octanol–water partition coefficient (Wildman–Crippen LogP) is 3.35. The van der Waals surface area contributed by atoms with E-state index >= 15 is 0 Å². The highest BCUT2D eigenvalue weighted by Crippen LogP contribution is 2.39. The summed E-state index contributed by atoms with van der Waals surface area (Å²) in [5.74, 6) is 0.382. The first-order chi connectivity index (χ1) is 13.0. The molecule has 0 aliphatic heterocycles. The van der Waals surface area contributed by atoms with Gasteiger partial charge in [-0.15, -0.1) is 0 Å². The summed E-state index contributed by atoms with van der Waals surface area (Å²) >= 11 is 7.69. The molecular weight excluding hydrogens is 386 g/mol. The molecule has 9 heteroatoms. The maximum atomic E-state index is 13.0. The SMILES string of the molecule is COc1ccc(Cl)c2sc(N(CCCN(C)C)C(=O)c3cnccn3)nc12. The van der Waals surface area contributed by atoms with Crippen molar-refractivity contribution in [3.63, 3.8) is 0 Å². The molecule has 0 saturated heterocycles. The summed E-state index contributed by atoms with van der Waals surface area (Å²) in [6.07, 6.45) is 5.29. The van der Waals surface area contributed by atoms with Crippen molar-refractivity contribution in [3.8, 4) is 5.75 Å². The van der Waals surface area contributed by atoms with E-state index in [-0.39, 0.29) is 11.6 Å². The Balaban J connectivity index is 2.00. The summed E-state index contributed by atoms with van der Waals surface area (Å²) in [5, 5.41) is 1.14. The monoisotopic (exact) mass is 405 g/mol. The van der Waals surface area contributed by atoms with Crippen LogP contribution in [0.15, 0.2) is 30.7 Å². The van der Waals surface area contributed by atoms with Gasteiger partial charge >= 0.3 is 0 Å². The summed E-state index contributed by atoms with van der Waals surface area (Å²) in [5.41, 5.74) is 0.925. The van der Waals surface area contributed by atoms with E-state index in [1.807, 2.05) is 14.1 Å². The van der Waals surface area contributed by atoms with Crippen molar-refractivity contribution in [3.05, 3.63) is 41.4 Å². The molecule has 27 heavy (non-hydrogen) atoms. The number of ether oxygens (including phenoxy) is 1. The van der Waals surface area contributed by atoms with Gasteiger partial charge in [0.15, 0.2) is 5.13 Å². The third kappa shape index (κ3) is 4.35. The van der Waals surface area contributed by atoms with Crippen molar-refractivity contribution in [1.82, 2.24) is 19.9 Å². The number of rotatable bonds is 7. The highest BCUT2D eigenvalue weighted by atomic mass is 35.5. The Kier molecular flexibility index (Phi) is 6.20. The molecule has 0 bridgehead atoms. The van der Waals surface area contributed by atoms with Crippen LogP contribution in [0.4, 0.5) is 5.13 Å². The van der Waals surface area contributed by atoms with Gasteiger partial charge in [0, 0.05) is 18.9 Å². The van der Waals surface area contributed by atoms with Gasteiger partial charge in [0.1, 0.15) is 17.0 Å². The number of hydrogen-bond acceptors (Lipinski definition) is 7. The lowest BCUT2D eigenvalue weighted by Gasteiger charge is -2.20. The van der Waals surface area contributed by atoms with Crippen molar-refractivity contribution < 1.29 is 9.53 Å². The van der Waals surface area contributed by atoms with Crippen LogP contribution >= 0.6 is 22.9 Å². The van der Waals surface area contributed by atoms with Crippen molar-refractivity contribution in [2.24, 2.45) is 0 Å². The van der Waals surface area contributed by atoms with Gasteiger partial charge in [0.2, 0.25) is 0 Å². The summed E-state index contributed by atoms with van der Waals surface area (Å²) in [4.78, 5) is 29.5. The molecule has 0 atom stereocenters. The van der Waals surface area contributed by atoms with Crippen molar-refractivity contribution in [2.75, 3.05) is 39.2 Å². The van der Waals surface area contributed by atoms with Crippen LogP contribution in [-0.4, -0.2) is 60.1 Å². The van der Waals surface area contributed by atoms with Gasteiger partial charge in [0.25, 0.3) is 5.91 Å². The summed E-state index contributed by atoms with van der Waals surface area (Å²) in [7, 11) is 5.58. The van der Waals surface area contributed by atoms with E-state index in [9.17, 15) is 4.79 Å². The Hall–Kier alpha value is -2.29. The molecule has 0 aliphatic rings. The molecule has 7 nitrogen and oxygen atoms in total. The lowest BCUT2D eigenvalue weighted by molar-refractivity contribution is 0.0981. The van der Waals surface area contributed by atoms with Gasteiger partial charge in [-0.3, -0.25) is 14.7 Å². The highest BCUT2D eigenvalue weighted by Gasteiger charge is 2.24. The van der Waals surface area contributed by atoms with Crippen LogP contribution in [0.3, 0.4) is 0 Å². The van der Waals surface area contributed by atoms with E-state index in [1.54, 1.807) is 24.1 Å². The Labute approximate surface area is 166 Å². The molecule has 0 radical (unpaired) electrons. The van der Waals surface area contributed by atoms with Crippen molar-refractivity contribution >= 4 is 44.2 Å². The molecule has 0 saturated carbocycles. The quantitative estimate of drug-likeness (QED) is 0.600. The molecule has 3 aromatic rings. The van der Waals surface area contributed by atoms with Crippen LogP contribution < -0.4 is 9.64 Å². The molecule has 0 fully saturated rings. The van der Waals surface area contributed by atoms with E-state index in [0.717, 1.165) is 17.7 Å². The lowest BCUT2D eigenvalue weighted by Crippen LogP contribution is -2.34. The molecule has 0 spiro atoms. The number of aromatic nitrogens is 3. The minimum atomic E-state index is -0.240. The number of benzene rings is 1. The molecule has 0 aliphatic carbocycles. The van der Waals surface area contributed by atoms with Crippen LogP contribution in [0.5, 0.6) is 5.75 Å². The zero-order chi connectivity index (χ0) is 19.4. The number of carbonyl (C=O) groups is 1. The number of methoxy groups -OCH3 is 1. The van der Waals surface area contributed by atoms with Gasteiger partial charge in [0.05, 0.1) is 23.0 Å². The Morgan fingerprint density at radius 1 is 1.26 bits per heavy atom. The second kappa shape index (κ2) is 8.60. The fourth-order valence-corrected chi connectivity index (χ4v) is 3.88. The number of amides is 1. The van der Waals surface area contributed by atoms with E-state index in [4.69, 9.17) is 16.3 Å². The number of thiazole rings is 1. The topological polar surface area (TPSA) is 71.5 Å². The van der Waals surface area contributed by atoms with Gasteiger partial charge in [-0.1, -0.05) is 22.9 Å². The second-order valence-electron chi connectivity index (χ2n) is 6.13. The molecule has 0 unspecified atom stereocenters. The van der Waals surface area contributed by atoms with E-state index in [2.05, 4.69) is 19.9 Å². The van der Waals surface area contributed by atoms with Crippen LogP contribution in [0.25, 0.3) is 10.2 Å². The summed E-state index contributed by atoms with van der Waals surface area (Å²) in [6.45, 7) is 1.35. The standard InChI is InChI=1S/C18H20ClN5O2S/c1-23(2)9-4-10-24(17(25)13-11-20-7-8-21-13)18-22-15-14(26-3)6-5-12(19)16(15)27-18/h5-8,11H,4,9-10H2,1-3H3. The van der Waals surface area contributed by atoms with Gasteiger partial charge < -0.3 is 9.64 Å². The van der Waals surface area contributed by atoms with Crippen LogP contribution in [-0.2, 0) is 0 Å². The van der Waals surface area contributed by atoms with Crippen LogP contribution in [0.2, 0.25) is 5.02 Å². The first-order valence-electron chi connectivity index (χ1n) is 8.37. The number of anilines is 1. The smallest absolute Gasteiger partial charge is 0.280 e. The second-order valence-corrected chi connectivity index (χ2v) is 7.51. The molecule has 142 valence electrons. The average Bonchev–Trinajstić information content (AvgIpc) is 3.11. The molecule has 2 aromatic heterocycles. The Morgan fingerprint density at radius 2 is 2.07 bits per heavy atom. The minimum Gasteiger partial charge on any atom is -0.494 e. The molecule has 1 amide bonds. The normalized spacial score (nSPS) is 11.1. The Bertz CT molecular complexity index is 932. The Morgan fingerprint density at radius 3 is 2.74 bits per heavy atom. The van der Waals surface area contributed by atoms with E-state index in [0.29, 0.717) is 28.0 Å². The van der Waals surface area contributed by atoms with Crippen molar-refractivity contribution in [2.45, 2.75) is 6.42 Å². The molecule has 3 rings (SSSR count). The van der Waals surface area contributed by atoms with Crippen LogP contribution in [0, 0.1) is 0 Å². The largest absolute Gasteiger partial charge is 0.494 e. The third-order valence-corrected chi connectivity index (χ3v) is 5.45. The molecule has 1 aromatic carbocycles. The highest BCUT2D eigenvalue weighted by molar-refractivity contribution is 7.23. The lowest BCUT2D eigenvalue weighted by atomic mass is 10.3. The number of carbonyl (C=O) groups excluding carboxylic acids is 1. The van der Waals surface area contributed by atoms with E-state index < -0.39 is 0 Å². The predicted molar refractivity (Wildman–Crippen MR) is 108 cm³/mol. The maximum absolute atomic E-state index is 13.0. The maximum Gasteiger partial charge on any atom is 0.280 e. The zero-order valence-corrected chi connectivity index (χ0v) is 16.9. The number of hydrogen-bond donors (Lipinski definition) is 0. The first kappa shape index (κ1) is 19.5. The van der Waals surface area contributed by atoms with E-state index in [1.165, 1.54) is 29.9 Å². The fraction of sp³-hybridized carbons (Fsp3) is 0.333. The summed E-state index contributed by atoms with van der Waals surface area (Å²) < 4.78 is 6.17. The molecule has 0 N–H and O–H groups in total. The van der Waals surface area contributed by atoms with Gasteiger partial charge in [-0.25, -0.2) is 9.97 Å². The van der Waals surface area contributed by atoms with Crippen LogP contribution in [0.1, 0.15) is 16.9 Å². The third-order valence-electron chi connectivity index (χ3n) is 3.91. The van der Waals surface area contributed by atoms with Gasteiger partial charge in [-0.2, -0.15) is 0 Å². The zero-order valence-electron chi connectivity index (χ0n) is 15.3. The molecule has 2 heterocycles. The first-order valence-corrected chi connectivity index (χ1v) is 9.56.